The Morgan fingerprint density at radius 3 is 2.75 bits per heavy atom. The number of nitrogens with zero attached hydrogens (tertiary/aromatic N) is 2. The number of ether oxygens (including phenoxy) is 1. The first-order chi connectivity index (χ1) is 9.66. The predicted octanol–water partition coefficient (Wildman–Crippen LogP) is 2.29. The number of thiazole rings is 1. The van der Waals surface area contributed by atoms with E-state index in [4.69, 9.17) is 4.74 Å². The average Bonchev–Trinajstić information content (AvgIpc) is 2.84. The summed E-state index contributed by atoms with van der Waals surface area (Å²) in [4.78, 5) is 8.24. The van der Waals surface area contributed by atoms with Gasteiger partial charge < -0.3 is 10.1 Å². The highest BCUT2D eigenvalue weighted by atomic mass is 32.1. The van der Waals surface area contributed by atoms with Crippen molar-refractivity contribution in [1.82, 2.24) is 15.2 Å². The summed E-state index contributed by atoms with van der Waals surface area (Å²) in [6.07, 6.45) is 1.24. The van der Waals surface area contributed by atoms with Gasteiger partial charge in [0.2, 0.25) is 0 Å². The van der Waals surface area contributed by atoms with Crippen LogP contribution < -0.4 is 5.32 Å². The van der Waals surface area contributed by atoms with Gasteiger partial charge in [-0.2, -0.15) is 0 Å². The minimum atomic E-state index is 0.618. The van der Waals surface area contributed by atoms with E-state index in [9.17, 15) is 0 Å². The summed E-state index contributed by atoms with van der Waals surface area (Å²) in [5.41, 5.74) is 3.09. The van der Waals surface area contributed by atoms with E-state index in [-0.39, 0.29) is 0 Å². The fraction of sp³-hybridized carbons (Fsp3) is 0.800. The van der Waals surface area contributed by atoms with Crippen molar-refractivity contribution in [2.45, 2.75) is 39.8 Å². The number of aromatic nitrogens is 1. The SMILES string of the molecule is Cc1ncsc1CNCC(CC(C)C)N1CCOCC1. The highest BCUT2D eigenvalue weighted by molar-refractivity contribution is 7.09. The summed E-state index contributed by atoms with van der Waals surface area (Å²) in [6.45, 7) is 12.6. The van der Waals surface area contributed by atoms with Crippen molar-refractivity contribution >= 4 is 11.3 Å². The van der Waals surface area contributed by atoms with Gasteiger partial charge in [-0.15, -0.1) is 11.3 Å². The number of nitrogens with one attached hydrogen (secondary N) is 1. The highest BCUT2D eigenvalue weighted by Gasteiger charge is 2.21. The molecular weight excluding hydrogens is 270 g/mol. The Bertz CT molecular complexity index is 388. The van der Waals surface area contributed by atoms with Gasteiger partial charge in [0.1, 0.15) is 0 Å². The summed E-state index contributed by atoms with van der Waals surface area (Å²) in [5.74, 6) is 0.731. The molecule has 1 fully saturated rings. The Morgan fingerprint density at radius 2 is 2.15 bits per heavy atom. The van der Waals surface area contributed by atoms with Crippen molar-refractivity contribution in [3.05, 3.63) is 16.1 Å². The fourth-order valence-corrected chi connectivity index (χ4v) is 3.44. The highest BCUT2D eigenvalue weighted by Crippen LogP contribution is 2.14. The van der Waals surface area contributed by atoms with Crippen LogP contribution in [0.15, 0.2) is 5.51 Å². The first-order valence-corrected chi connectivity index (χ1v) is 8.46. The minimum absolute atomic E-state index is 0.618. The zero-order chi connectivity index (χ0) is 14.4. The van der Waals surface area contributed by atoms with Crippen LogP contribution in [0.2, 0.25) is 0 Å². The Kier molecular flexibility index (Phi) is 6.42. The maximum absolute atomic E-state index is 5.47. The third kappa shape index (κ3) is 4.81. The normalized spacial score (nSPS) is 18.6. The van der Waals surface area contributed by atoms with Crippen molar-refractivity contribution in [3.8, 4) is 0 Å². The summed E-state index contributed by atoms with van der Waals surface area (Å²) in [6, 6.07) is 0.618. The number of morpholine rings is 1. The summed E-state index contributed by atoms with van der Waals surface area (Å²) in [7, 11) is 0. The number of aryl methyl sites for hydroxylation is 1. The first kappa shape index (κ1) is 15.9. The van der Waals surface area contributed by atoms with Gasteiger partial charge >= 0.3 is 0 Å². The van der Waals surface area contributed by atoms with E-state index < -0.39 is 0 Å². The quantitative estimate of drug-likeness (QED) is 0.838. The Labute approximate surface area is 126 Å². The zero-order valence-electron chi connectivity index (χ0n) is 12.9. The lowest BCUT2D eigenvalue weighted by molar-refractivity contribution is 0.0123. The van der Waals surface area contributed by atoms with E-state index in [0.717, 1.165) is 51.0 Å². The topological polar surface area (TPSA) is 37.4 Å². The molecule has 5 heteroatoms. The molecule has 0 saturated carbocycles. The lowest BCUT2D eigenvalue weighted by Gasteiger charge is -2.35. The molecule has 1 saturated heterocycles. The van der Waals surface area contributed by atoms with Crippen LogP contribution in [0.3, 0.4) is 0 Å². The van der Waals surface area contributed by atoms with Crippen molar-refractivity contribution in [2.24, 2.45) is 5.92 Å². The third-order valence-corrected chi connectivity index (χ3v) is 4.75. The molecule has 1 unspecified atom stereocenters. The van der Waals surface area contributed by atoms with Gasteiger partial charge in [-0.25, -0.2) is 4.98 Å². The molecular formula is C15H27N3OS. The van der Waals surface area contributed by atoms with Crippen LogP contribution in [0.25, 0.3) is 0 Å². The molecule has 4 nitrogen and oxygen atoms in total. The Morgan fingerprint density at radius 1 is 1.40 bits per heavy atom. The molecule has 0 bridgehead atoms. The summed E-state index contributed by atoms with van der Waals surface area (Å²) < 4.78 is 5.47. The van der Waals surface area contributed by atoms with Gasteiger partial charge in [-0.1, -0.05) is 13.8 Å². The fourth-order valence-electron chi connectivity index (χ4n) is 2.70. The van der Waals surface area contributed by atoms with E-state index in [1.165, 1.54) is 11.3 Å². The van der Waals surface area contributed by atoms with E-state index in [1.54, 1.807) is 11.3 Å². The van der Waals surface area contributed by atoms with Gasteiger partial charge in [0.15, 0.2) is 0 Å². The molecule has 2 heterocycles. The van der Waals surface area contributed by atoms with Gasteiger partial charge in [-0.05, 0) is 19.3 Å². The second-order valence-corrected chi connectivity index (χ2v) is 6.86. The molecule has 1 atom stereocenters. The molecule has 1 aliphatic rings. The third-order valence-electron chi connectivity index (χ3n) is 3.82. The van der Waals surface area contributed by atoms with E-state index in [0.29, 0.717) is 6.04 Å². The Hall–Kier alpha value is -0.490. The van der Waals surface area contributed by atoms with Gasteiger partial charge in [0, 0.05) is 37.1 Å². The molecule has 0 aliphatic carbocycles. The smallest absolute Gasteiger partial charge is 0.0798 e. The molecule has 0 amide bonds. The maximum Gasteiger partial charge on any atom is 0.0798 e. The molecule has 0 spiro atoms. The largest absolute Gasteiger partial charge is 0.379 e. The zero-order valence-corrected chi connectivity index (χ0v) is 13.7. The van der Waals surface area contributed by atoms with Crippen molar-refractivity contribution < 1.29 is 4.74 Å². The molecule has 1 aromatic rings. The molecule has 1 aliphatic heterocycles. The van der Waals surface area contributed by atoms with Gasteiger partial charge in [-0.3, -0.25) is 4.90 Å². The predicted molar refractivity (Wildman–Crippen MR) is 84.2 cm³/mol. The lowest BCUT2D eigenvalue weighted by atomic mass is 10.0. The van der Waals surface area contributed by atoms with E-state index in [2.05, 4.69) is 36.0 Å². The van der Waals surface area contributed by atoms with Crippen LogP contribution in [-0.2, 0) is 11.3 Å². The second-order valence-electron chi connectivity index (χ2n) is 5.92. The molecule has 114 valence electrons. The van der Waals surface area contributed by atoms with Gasteiger partial charge in [0.25, 0.3) is 0 Å². The lowest BCUT2D eigenvalue weighted by Crippen LogP contribution is -2.48. The molecule has 2 rings (SSSR count). The summed E-state index contributed by atoms with van der Waals surface area (Å²) in [5, 5.41) is 3.62. The summed E-state index contributed by atoms with van der Waals surface area (Å²) >= 11 is 1.74. The maximum atomic E-state index is 5.47. The standard InChI is InChI=1S/C15H27N3OS/c1-12(2)8-14(18-4-6-19-7-5-18)9-16-10-15-13(3)17-11-20-15/h11-12,14,16H,4-10H2,1-3H3. The van der Waals surface area contributed by atoms with Crippen LogP contribution in [0.1, 0.15) is 30.8 Å². The molecule has 0 radical (unpaired) electrons. The monoisotopic (exact) mass is 297 g/mol. The molecule has 1 aromatic heterocycles. The molecule has 0 aromatic carbocycles. The van der Waals surface area contributed by atoms with Crippen molar-refractivity contribution in [1.29, 1.82) is 0 Å². The minimum Gasteiger partial charge on any atom is -0.379 e. The second kappa shape index (κ2) is 8.08. The Balaban J connectivity index is 1.82. The van der Waals surface area contributed by atoms with Crippen LogP contribution in [0.5, 0.6) is 0 Å². The van der Waals surface area contributed by atoms with Crippen molar-refractivity contribution in [3.63, 3.8) is 0 Å². The van der Waals surface area contributed by atoms with Crippen LogP contribution in [-0.4, -0.2) is 48.8 Å². The first-order valence-electron chi connectivity index (χ1n) is 7.58. The number of hydrogen-bond acceptors (Lipinski definition) is 5. The molecule has 1 N–H and O–H groups in total. The van der Waals surface area contributed by atoms with Crippen LogP contribution in [0.4, 0.5) is 0 Å². The number of rotatable bonds is 7. The van der Waals surface area contributed by atoms with Crippen LogP contribution in [0, 0.1) is 12.8 Å². The molecule has 20 heavy (non-hydrogen) atoms. The average molecular weight is 297 g/mol. The van der Waals surface area contributed by atoms with Crippen molar-refractivity contribution in [2.75, 3.05) is 32.8 Å². The van der Waals surface area contributed by atoms with Crippen LogP contribution >= 0.6 is 11.3 Å². The number of hydrogen-bond donors (Lipinski definition) is 1. The van der Waals surface area contributed by atoms with E-state index >= 15 is 0 Å². The van der Waals surface area contributed by atoms with Gasteiger partial charge in [0.05, 0.1) is 24.4 Å². The van der Waals surface area contributed by atoms with E-state index in [1.807, 2.05) is 5.51 Å².